The van der Waals surface area contributed by atoms with Gasteiger partial charge in [-0.05, 0) is 52.5 Å². The molecule has 22 heavy (non-hydrogen) atoms. The van der Waals surface area contributed by atoms with E-state index in [1.165, 1.54) is 38.9 Å². The van der Waals surface area contributed by atoms with Crippen LogP contribution in [0.3, 0.4) is 0 Å². The van der Waals surface area contributed by atoms with E-state index in [-0.39, 0.29) is 0 Å². The molecule has 0 atom stereocenters. The summed E-state index contributed by atoms with van der Waals surface area (Å²) < 4.78 is 5.36. The normalized spacial score (nSPS) is 17.7. The van der Waals surface area contributed by atoms with Crippen LogP contribution in [0.5, 0.6) is 0 Å². The molecule has 1 heterocycles. The number of unbranched alkanes of at least 4 members (excludes halogenated alkanes) is 1. The predicted molar refractivity (Wildman–Crippen MR) is 94.6 cm³/mol. The number of aliphatic imine (C=N–C) groups is 1. The molecule has 0 amide bonds. The molecule has 5 heteroatoms. The molecule has 1 aliphatic rings. The molecule has 130 valence electrons. The highest BCUT2D eigenvalue weighted by atomic mass is 16.5. The maximum Gasteiger partial charge on any atom is 0.191 e. The van der Waals surface area contributed by atoms with Crippen molar-refractivity contribution in [2.45, 2.75) is 58.9 Å². The lowest BCUT2D eigenvalue weighted by molar-refractivity contribution is 0.144. The minimum Gasteiger partial charge on any atom is -0.382 e. The van der Waals surface area contributed by atoms with Gasteiger partial charge in [-0.15, -0.1) is 0 Å². The first-order valence-corrected chi connectivity index (χ1v) is 9.15. The quantitative estimate of drug-likeness (QED) is 0.369. The second kappa shape index (κ2) is 12.7. The lowest BCUT2D eigenvalue weighted by atomic mass is 10.1. The molecule has 1 rings (SSSR count). The number of guanidine groups is 1. The molecule has 0 saturated carbocycles. The lowest BCUT2D eigenvalue weighted by Gasteiger charge is -2.32. The highest BCUT2D eigenvalue weighted by Gasteiger charge is 2.19. The third-order valence-electron chi connectivity index (χ3n) is 3.98. The third-order valence-corrected chi connectivity index (χ3v) is 3.98. The third kappa shape index (κ3) is 8.59. The largest absolute Gasteiger partial charge is 0.382 e. The Hall–Kier alpha value is -0.810. The first-order valence-electron chi connectivity index (χ1n) is 9.15. The van der Waals surface area contributed by atoms with Gasteiger partial charge in [-0.2, -0.15) is 0 Å². The lowest BCUT2D eigenvalue weighted by Crippen LogP contribution is -2.48. The Morgan fingerprint density at radius 2 is 1.95 bits per heavy atom. The van der Waals surface area contributed by atoms with Gasteiger partial charge < -0.3 is 20.3 Å². The molecule has 0 bridgehead atoms. The van der Waals surface area contributed by atoms with E-state index in [2.05, 4.69) is 34.4 Å². The van der Waals surface area contributed by atoms with Crippen molar-refractivity contribution in [3.8, 4) is 0 Å². The molecule has 0 aromatic carbocycles. The second-order valence-electron chi connectivity index (χ2n) is 5.92. The van der Waals surface area contributed by atoms with Crippen LogP contribution < -0.4 is 10.6 Å². The minimum absolute atomic E-state index is 0.564. The number of nitrogens with one attached hydrogen (secondary N) is 2. The highest BCUT2D eigenvalue weighted by Crippen LogP contribution is 2.10. The van der Waals surface area contributed by atoms with Gasteiger partial charge in [0.2, 0.25) is 0 Å². The molecule has 0 spiro atoms. The number of piperidine rings is 1. The van der Waals surface area contributed by atoms with Crippen molar-refractivity contribution >= 4 is 5.96 Å². The number of hydrogen-bond donors (Lipinski definition) is 2. The molecule has 0 unspecified atom stereocenters. The van der Waals surface area contributed by atoms with Gasteiger partial charge in [0.05, 0.1) is 0 Å². The number of hydrogen-bond acceptors (Lipinski definition) is 3. The number of rotatable bonds is 10. The Bertz CT molecular complexity index is 288. The molecule has 0 aromatic rings. The predicted octanol–water partition coefficient (Wildman–Crippen LogP) is 2.23. The Labute approximate surface area is 136 Å². The Kier molecular flexibility index (Phi) is 11.1. The molecule has 2 N–H and O–H groups in total. The van der Waals surface area contributed by atoms with Gasteiger partial charge in [0.1, 0.15) is 0 Å². The Morgan fingerprint density at radius 1 is 1.18 bits per heavy atom. The van der Waals surface area contributed by atoms with E-state index in [1.807, 2.05) is 6.92 Å². The second-order valence-corrected chi connectivity index (χ2v) is 5.92. The van der Waals surface area contributed by atoms with Crippen LogP contribution in [-0.2, 0) is 4.74 Å². The van der Waals surface area contributed by atoms with E-state index in [1.54, 1.807) is 0 Å². The van der Waals surface area contributed by atoms with Crippen LogP contribution in [0, 0.1) is 0 Å². The van der Waals surface area contributed by atoms with Gasteiger partial charge in [0.15, 0.2) is 5.96 Å². The van der Waals surface area contributed by atoms with Crippen molar-refractivity contribution < 1.29 is 4.74 Å². The van der Waals surface area contributed by atoms with Crippen LogP contribution in [0.1, 0.15) is 52.9 Å². The fourth-order valence-corrected chi connectivity index (χ4v) is 2.78. The van der Waals surface area contributed by atoms with Crippen LogP contribution in [0.2, 0.25) is 0 Å². The van der Waals surface area contributed by atoms with E-state index in [0.29, 0.717) is 6.04 Å². The smallest absolute Gasteiger partial charge is 0.191 e. The first-order chi connectivity index (χ1) is 10.8. The van der Waals surface area contributed by atoms with Crippen LogP contribution in [0.25, 0.3) is 0 Å². The summed E-state index contributed by atoms with van der Waals surface area (Å²) in [7, 11) is 0. The Morgan fingerprint density at radius 3 is 2.59 bits per heavy atom. The van der Waals surface area contributed by atoms with Crippen molar-refractivity contribution in [3.05, 3.63) is 0 Å². The zero-order valence-corrected chi connectivity index (χ0v) is 14.9. The average molecular weight is 313 g/mol. The molecular formula is C17H36N4O. The number of ether oxygens (including phenoxy) is 1. The summed E-state index contributed by atoms with van der Waals surface area (Å²) in [6.45, 7) is 13.5. The van der Waals surface area contributed by atoms with Crippen molar-refractivity contribution in [2.75, 3.05) is 45.9 Å². The molecule has 1 fully saturated rings. The van der Waals surface area contributed by atoms with E-state index in [0.717, 1.165) is 45.1 Å². The van der Waals surface area contributed by atoms with E-state index in [9.17, 15) is 0 Å². The molecule has 5 nitrogen and oxygen atoms in total. The van der Waals surface area contributed by atoms with Crippen LogP contribution in [0.4, 0.5) is 0 Å². The fourth-order valence-electron chi connectivity index (χ4n) is 2.78. The molecule has 1 aliphatic heterocycles. The van der Waals surface area contributed by atoms with Gasteiger partial charge >= 0.3 is 0 Å². The summed E-state index contributed by atoms with van der Waals surface area (Å²) in [6.07, 6.45) is 5.87. The van der Waals surface area contributed by atoms with Crippen LogP contribution >= 0.6 is 0 Å². The zero-order chi connectivity index (χ0) is 16.0. The van der Waals surface area contributed by atoms with Crippen molar-refractivity contribution in [3.63, 3.8) is 0 Å². The monoisotopic (exact) mass is 312 g/mol. The van der Waals surface area contributed by atoms with Crippen molar-refractivity contribution in [1.29, 1.82) is 0 Å². The van der Waals surface area contributed by atoms with Crippen LogP contribution in [-0.4, -0.2) is 62.8 Å². The van der Waals surface area contributed by atoms with Crippen LogP contribution in [0.15, 0.2) is 4.99 Å². The first kappa shape index (κ1) is 19.2. The summed E-state index contributed by atoms with van der Waals surface area (Å²) in [5.41, 5.74) is 0. The topological polar surface area (TPSA) is 48.9 Å². The average Bonchev–Trinajstić information content (AvgIpc) is 2.53. The van der Waals surface area contributed by atoms with E-state index < -0.39 is 0 Å². The summed E-state index contributed by atoms with van der Waals surface area (Å²) in [6, 6.07) is 0.564. The maximum absolute atomic E-state index is 5.36. The van der Waals surface area contributed by atoms with E-state index in [4.69, 9.17) is 4.74 Å². The fraction of sp³-hybridized carbons (Fsp3) is 0.941. The van der Waals surface area contributed by atoms with Gasteiger partial charge in [-0.1, -0.05) is 6.92 Å². The maximum atomic E-state index is 5.36. The Balaban J connectivity index is 2.25. The van der Waals surface area contributed by atoms with Gasteiger partial charge in [0.25, 0.3) is 0 Å². The highest BCUT2D eigenvalue weighted by molar-refractivity contribution is 5.80. The zero-order valence-electron chi connectivity index (χ0n) is 14.9. The number of likely N-dealkylation sites (tertiary alicyclic amines) is 1. The summed E-state index contributed by atoms with van der Waals surface area (Å²) in [4.78, 5) is 7.25. The van der Waals surface area contributed by atoms with E-state index >= 15 is 0 Å². The summed E-state index contributed by atoms with van der Waals surface area (Å²) in [5.74, 6) is 0.979. The molecule has 0 radical (unpaired) electrons. The van der Waals surface area contributed by atoms with Gasteiger partial charge in [0, 0.05) is 45.4 Å². The van der Waals surface area contributed by atoms with Crippen molar-refractivity contribution in [1.82, 2.24) is 15.5 Å². The molecular weight excluding hydrogens is 276 g/mol. The van der Waals surface area contributed by atoms with Crippen molar-refractivity contribution in [2.24, 2.45) is 4.99 Å². The standard InChI is InChI=1S/C17H36N4O/c1-4-12-21-13-9-16(10-14-21)20-17(18-5-2)19-11-7-8-15-22-6-3/h16H,4-15H2,1-3H3,(H2,18,19,20). The van der Waals surface area contributed by atoms with Gasteiger partial charge in [-0.3, -0.25) is 4.99 Å². The summed E-state index contributed by atoms with van der Waals surface area (Å²) in [5, 5.41) is 6.96. The molecule has 1 saturated heterocycles. The summed E-state index contributed by atoms with van der Waals surface area (Å²) >= 11 is 0. The SMILES string of the molecule is CCCN1CCC(NC(=NCCCCOCC)NCC)CC1. The number of nitrogens with zero attached hydrogens (tertiary/aromatic N) is 2. The molecule has 0 aliphatic carbocycles. The minimum atomic E-state index is 0.564. The molecule has 0 aromatic heterocycles. The van der Waals surface area contributed by atoms with Gasteiger partial charge in [-0.25, -0.2) is 0 Å².